The number of nitrogens with zero attached hydrogens (tertiary/aromatic N) is 1. The Labute approximate surface area is 132 Å². The molecule has 4 heteroatoms. The molecule has 116 valence electrons. The average molecular weight is 309 g/mol. The normalized spacial score (nSPS) is 25.4. The van der Waals surface area contributed by atoms with Crippen molar-refractivity contribution in [1.82, 2.24) is 5.32 Å². The van der Waals surface area contributed by atoms with Gasteiger partial charge in [-0.1, -0.05) is 17.7 Å². The molecule has 0 aromatic heterocycles. The van der Waals surface area contributed by atoms with Crippen LogP contribution >= 0.6 is 11.6 Å². The van der Waals surface area contributed by atoms with E-state index in [-0.39, 0.29) is 5.54 Å². The number of fused-ring (bicyclic) bond motifs is 2. The van der Waals surface area contributed by atoms with Gasteiger partial charge in [0.15, 0.2) is 0 Å². The smallest absolute Gasteiger partial charge is 0.0755 e. The van der Waals surface area contributed by atoms with Gasteiger partial charge in [-0.3, -0.25) is 0 Å². The third kappa shape index (κ3) is 3.71. The second-order valence-electron chi connectivity index (χ2n) is 7.24. The fourth-order valence-corrected chi connectivity index (χ4v) is 3.32. The molecule has 1 aromatic carbocycles. The Morgan fingerprint density at radius 3 is 2.52 bits per heavy atom. The molecule has 2 aliphatic heterocycles. The highest BCUT2D eigenvalue weighted by Gasteiger charge is 2.34. The minimum absolute atomic E-state index is 0.112. The van der Waals surface area contributed by atoms with E-state index >= 15 is 0 Å². The van der Waals surface area contributed by atoms with Crippen molar-refractivity contribution in [3.8, 4) is 0 Å². The van der Waals surface area contributed by atoms with Gasteiger partial charge in [0.2, 0.25) is 0 Å². The number of rotatable bonds is 3. The summed E-state index contributed by atoms with van der Waals surface area (Å²) in [6, 6.07) is 6.24. The molecule has 0 saturated carbocycles. The monoisotopic (exact) mass is 308 g/mol. The van der Waals surface area contributed by atoms with E-state index in [0.29, 0.717) is 12.2 Å². The molecule has 2 aliphatic rings. The number of ether oxygens (including phenoxy) is 1. The first kappa shape index (κ1) is 15.1. The summed E-state index contributed by atoms with van der Waals surface area (Å²) < 4.78 is 5.94. The first-order chi connectivity index (χ1) is 9.90. The summed E-state index contributed by atoms with van der Waals surface area (Å²) in [6.45, 7) is 9.41. The predicted molar refractivity (Wildman–Crippen MR) is 88.2 cm³/mol. The Morgan fingerprint density at radius 2 is 1.90 bits per heavy atom. The number of nitrogens with one attached hydrogen (secondary N) is 1. The molecule has 1 N–H and O–H groups in total. The molecule has 2 bridgehead atoms. The van der Waals surface area contributed by atoms with Gasteiger partial charge in [0.05, 0.1) is 12.2 Å². The van der Waals surface area contributed by atoms with Crippen LogP contribution in [0.5, 0.6) is 0 Å². The van der Waals surface area contributed by atoms with Gasteiger partial charge in [-0.25, -0.2) is 0 Å². The molecule has 1 aromatic rings. The van der Waals surface area contributed by atoms with E-state index in [4.69, 9.17) is 16.3 Å². The Morgan fingerprint density at radius 1 is 1.24 bits per heavy atom. The van der Waals surface area contributed by atoms with E-state index in [0.717, 1.165) is 24.7 Å². The second-order valence-corrected chi connectivity index (χ2v) is 7.68. The van der Waals surface area contributed by atoms with E-state index in [1.807, 2.05) is 6.07 Å². The quantitative estimate of drug-likeness (QED) is 0.923. The lowest BCUT2D eigenvalue weighted by Gasteiger charge is -2.35. The van der Waals surface area contributed by atoms with Crippen LogP contribution < -0.4 is 10.2 Å². The predicted octanol–water partition coefficient (Wildman–Crippen LogP) is 3.60. The molecule has 2 saturated heterocycles. The van der Waals surface area contributed by atoms with Gasteiger partial charge >= 0.3 is 0 Å². The highest BCUT2D eigenvalue weighted by molar-refractivity contribution is 6.30. The van der Waals surface area contributed by atoms with Gasteiger partial charge < -0.3 is 15.0 Å². The van der Waals surface area contributed by atoms with Crippen molar-refractivity contribution in [1.29, 1.82) is 0 Å². The van der Waals surface area contributed by atoms with Crippen molar-refractivity contribution in [2.75, 3.05) is 18.0 Å². The first-order valence-corrected chi connectivity index (χ1v) is 8.22. The largest absolute Gasteiger partial charge is 0.371 e. The van der Waals surface area contributed by atoms with E-state index in [1.54, 1.807) is 0 Å². The van der Waals surface area contributed by atoms with E-state index < -0.39 is 0 Å². The fourth-order valence-electron chi connectivity index (χ4n) is 3.15. The molecule has 2 fully saturated rings. The Bertz CT molecular complexity index is 500. The third-order valence-corrected chi connectivity index (χ3v) is 4.48. The summed E-state index contributed by atoms with van der Waals surface area (Å²) in [4.78, 5) is 2.46. The summed E-state index contributed by atoms with van der Waals surface area (Å²) in [7, 11) is 0. The van der Waals surface area contributed by atoms with E-state index in [9.17, 15) is 0 Å². The molecule has 0 radical (unpaired) electrons. The Hall–Kier alpha value is -0.770. The Balaban J connectivity index is 1.81. The summed E-state index contributed by atoms with van der Waals surface area (Å²) in [5.74, 6) is 0. The molecule has 21 heavy (non-hydrogen) atoms. The molecule has 0 amide bonds. The van der Waals surface area contributed by atoms with Crippen LogP contribution in [0.2, 0.25) is 5.02 Å². The maximum absolute atomic E-state index is 6.24. The van der Waals surface area contributed by atoms with Crippen molar-refractivity contribution in [3.63, 3.8) is 0 Å². The number of morpholine rings is 1. The zero-order valence-corrected chi connectivity index (χ0v) is 13.9. The SMILES string of the molecule is CC(C)(C)NCc1ccc(Cl)cc1N1CC2CCC(C1)O2. The first-order valence-electron chi connectivity index (χ1n) is 7.84. The van der Waals surface area contributed by atoms with Crippen LogP contribution in [0.3, 0.4) is 0 Å². The van der Waals surface area contributed by atoms with Crippen LogP contribution in [0.4, 0.5) is 5.69 Å². The fraction of sp³-hybridized carbons (Fsp3) is 0.647. The number of hydrogen-bond acceptors (Lipinski definition) is 3. The highest BCUT2D eigenvalue weighted by atomic mass is 35.5. The van der Waals surface area contributed by atoms with Crippen molar-refractivity contribution in [2.45, 2.75) is 57.9 Å². The summed E-state index contributed by atoms with van der Waals surface area (Å²) in [6.07, 6.45) is 3.17. The molecule has 2 atom stereocenters. The number of anilines is 1. The Kier molecular flexibility index (Phi) is 4.17. The molecular formula is C17H25ClN2O. The van der Waals surface area contributed by atoms with Crippen LogP contribution in [0, 0.1) is 0 Å². The molecular weight excluding hydrogens is 284 g/mol. The lowest BCUT2D eigenvalue weighted by Crippen LogP contribution is -2.43. The highest BCUT2D eigenvalue weighted by Crippen LogP contribution is 2.33. The lowest BCUT2D eigenvalue weighted by atomic mass is 10.1. The summed E-state index contributed by atoms with van der Waals surface area (Å²) in [5.41, 5.74) is 2.69. The zero-order valence-electron chi connectivity index (χ0n) is 13.2. The van der Waals surface area contributed by atoms with Crippen LogP contribution in [0.25, 0.3) is 0 Å². The standard InChI is InChI=1S/C17H25ClN2O/c1-17(2,3)19-9-12-4-5-13(18)8-16(12)20-10-14-6-7-15(11-20)21-14/h4-5,8,14-15,19H,6-7,9-11H2,1-3H3. The minimum Gasteiger partial charge on any atom is -0.371 e. The van der Waals surface area contributed by atoms with Gasteiger partial charge in [0, 0.05) is 35.9 Å². The van der Waals surface area contributed by atoms with Gasteiger partial charge in [-0.05, 0) is 51.3 Å². The van der Waals surface area contributed by atoms with E-state index in [1.165, 1.54) is 24.1 Å². The third-order valence-electron chi connectivity index (χ3n) is 4.24. The maximum Gasteiger partial charge on any atom is 0.0755 e. The van der Waals surface area contributed by atoms with Crippen LogP contribution in [-0.2, 0) is 11.3 Å². The second kappa shape index (κ2) is 5.79. The summed E-state index contributed by atoms with van der Waals surface area (Å²) >= 11 is 6.24. The number of hydrogen-bond donors (Lipinski definition) is 1. The zero-order chi connectivity index (χ0) is 15.0. The number of halogens is 1. The molecule has 2 unspecified atom stereocenters. The van der Waals surface area contributed by atoms with Gasteiger partial charge in [-0.15, -0.1) is 0 Å². The van der Waals surface area contributed by atoms with Crippen LogP contribution in [0.15, 0.2) is 18.2 Å². The molecule has 3 nitrogen and oxygen atoms in total. The molecule has 2 heterocycles. The van der Waals surface area contributed by atoms with Crippen molar-refractivity contribution in [3.05, 3.63) is 28.8 Å². The van der Waals surface area contributed by atoms with Crippen LogP contribution in [0.1, 0.15) is 39.2 Å². The van der Waals surface area contributed by atoms with Crippen molar-refractivity contribution in [2.24, 2.45) is 0 Å². The molecule has 0 aliphatic carbocycles. The maximum atomic E-state index is 6.24. The van der Waals surface area contributed by atoms with Crippen molar-refractivity contribution < 1.29 is 4.74 Å². The van der Waals surface area contributed by atoms with Crippen molar-refractivity contribution >= 4 is 17.3 Å². The lowest BCUT2D eigenvalue weighted by molar-refractivity contribution is 0.0304. The van der Waals surface area contributed by atoms with E-state index in [2.05, 4.69) is 43.1 Å². The summed E-state index contributed by atoms with van der Waals surface area (Å²) in [5, 5.41) is 4.38. The molecule has 0 spiro atoms. The number of benzene rings is 1. The average Bonchev–Trinajstić information content (AvgIpc) is 2.75. The van der Waals surface area contributed by atoms with Gasteiger partial charge in [0.1, 0.15) is 0 Å². The topological polar surface area (TPSA) is 24.5 Å². The van der Waals surface area contributed by atoms with Gasteiger partial charge in [0.25, 0.3) is 0 Å². The van der Waals surface area contributed by atoms with Crippen LogP contribution in [-0.4, -0.2) is 30.8 Å². The minimum atomic E-state index is 0.112. The molecule has 3 rings (SSSR count). The van der Waals surface area contributed by atoms with Gasteiger partial charge in [-0.2, -0.15) is 0 Å².